The van der Waals surface area contributed by atoms with Gasteiger partial charge in [0, 0.05) is 43.0 Å². The second-order valence-electron chi connectivity index (χ2n) is 5.82. The number of carbonyl (C=O) groups excluding carboxylic acids is 2. The molecule has 1 aromatic carbocycles. The van der Waals surface area contributed by atoms with Crippen LogP contribution in [-0.4, -0.2) is 64.4 Å². The molecular formula is C18H19BrN4O3. The Balaban J connectivity index is 1.43. The molecule has 1 saturated heterocycles. The Morgan fingerprint density at radius 1 is 1.12 bits per heavy atom. The van der Waals surface area contributed by atoms with E-state index in [1.165, 1.54) is 18.6 Å². The summed E-state index contributed by atoms with van der Waals surface area (Å²) < 4.78 is 6.54. The minimum atomic E-state index is -0.150. The molecule has 0 aliphatic carbocycles. The average Bonchev–Trinajstić information content (AvgIpc) is 2.68. The summed E-state index contributed by atoms with van der Waals surface area (Å²) in [5.74, 6) is 0.612. The zero-order valence-corrected chi connectivity index (χ0v) is 15.8. The summed E-state index contributed by atoms with van der Waals surface area (Å²) in [6, 6.07) is 7.52. The number of amides is 2. The van der Waals surface area contributed by atoms with Crippen LogP contribution in [0.3, 0.4) is 0 Å². The van der Waals surface area contributed by atoms with Crippen molar-refractivity contribution >= 4 is 27.7 Å². The number of carbonyl (C=O) groups is 2. The summed E-state index contributed by atoms with van der Waals surface area (Å²) in [4.78, 5) is 36.1. The van der Waals surface area contributed by atoms with Crippen LogP contribution in [0.4, 0.5) is 0 Å². The van der Waals surface area contributed by atoms with Gasteiger partial charge in [-0.3, -0.25) is 14.6 Å². The lowest BCUT2D eigenvalue weighted by atomic mass is 10.2. The van der Waals surface area contributed by atoms with Gasteiger partial charge in [-0.25, -0.2) is 4.98 Å². The average molecular weight is 419 g/mol. The predicted molar refractivity (Wildman–Crippen MR) is 98.8 cm³/mol. The van der Waals surface area contributed by atoms with Crippen LogP contribution in [0.15, 0.2) is 47.3 Å². The van der Waals surface area contributed by atoms with Crippen LogP contribution in [0, 0.1) is 0 Å². The van der Waals surface area contributed by atoms with Crippen molar-refractivity contribution < 1.29 is 14.3 Å². The Bertz CT molecular complexity index is 764. The van der Waals surface area contributed by atoms with Crippen LogP contribution < -0.4 is 4.74 Å². The number of rotatable bonds is 5. The van der Waals surface area contributed by atoms with E-state index in [4.69, 9.17) is 4.74 Å². The maximum Gasteiger partial charge on any atom is 0.274 e. The number of ether oxygens (including phenoxy) is 1. The molecule has 8 heteroatoms. The first-order valence-electron chi connectivity index (χ1n) is 8.35. The van der Waals surface area contributed by atoms with Gasteiger partial charge in [-0.15, -0.1) is 0 Å². The Kier molecular flexibility index (Phi) is 6.17. The molecule has 0 N–H and O–H groups in total. The van der Waals surface area contributed by atoms with Gasteiger partial charge in [-0.05, 0) is 18.2 Å². The van der Waals surface area contributed by atoms with E-state index in [-0.39, 0.29) is 11.8 Å². The number of hydrogen-bond donors (Lipinski definition) is 0. The van der Waals surface area contributed by atoms with E-state index < -0.39 is 0 Å². The molecule has 2 heterocycles. The van der Waals surface area contributed by atoms with Crippen LogP contribution >= 0.6 is 15.9 Å². The van der Waals surface area contributed by atoms with Gasteiger partial charge in [0.05, 0.1) is 19.2 Å². The molecule has 0 atom stereocenters. The van der Waals surface area contributed by atoms with Crippen molar-refractivity contribution in [1.29, 1.82) is 0 Å². The third-order valence-corrected chi connectivity index (χ3v) is 4.58. The zero-order valence-electron chi connectivity index (χ0n) is 14.2. The summed E-state index contributed by atoms with van der Waals surface area (Å²) in [5, 5.41) is 0. The summed E-state index contributed by atoms with van der Waals surface area (Å²) in [7, 11) is 0. The van der Waals surface area contributed by atoms with Crippen LogP contribution in [0.2, 0.25) is 0 Å². The molecule has 0 spiro atoms. The second kappa shape index (κ2) is 8.75. The van der Waals surface area contributed by atoms with E-state index in [0.717, 1.165) is 10.2 Å². The number of benzene rings is 1. The number of aromatic nitrogens is 2. The van der Waals surface area contributed by atoms with Crippen LogP contribution in [0.5, 0.6) is 5.75 Å². The third kappa shape index (κ3) is 4.78. The summed E-state index contributed by atoms with van der Waals surface area (Å²) in [6.07, 6.45) is 4.80. The Hall–Kier alpha value is -2.48. The van der Waals surface area contributed by atoms with E-state index in [1.807, 2.05) is 24.3 Å². The zero-order chi connectivity index (χ0) is 18.4. The fraction of sp³-hybridized carbons (Fsp3) is 0.333. The Labute approximate surface area is 160 Å². The highest BCUT2D eigenvalue weighted by atomic mass is 79.9. The highest BCUT2D eigenvalue weighted by Crippen LogP contribution is 2.18. The maximum absolute atomic E-state index is 12.3. The Morgan fingerprint density at radius 2 is 1.88 bits per heavy atom. The molecular weight excluding hydrogens is 400 g/mol. The van der Waals surface area contributed by atoms with Gasteiger partial charge in [0.25, 0.3) is 5.91 Å². The fourth-order valence-electron chi connectivity index (χ4n) is 2.70. The summed E-state index contributed by atoms with van der Waals surface area (Å²) in [5.41, 5.74) is 0.328. The molecule has 1 aliphatic heterocycles. The molecule has 2 aromatic rings. The van der Waals surface area contributed by atoms with E-state index in [9.17, 15) is 9.59 Å². The van der Waals surface area contributed by atoms with Crippen LogP contribution in [0.25, 0.3) is 0 Å². The lowest BCUT2D eigenvalue weighted by Crippen LogP contribution is -2.50. The minimum Gasteiger partial charge on any atom is -0.493 e. The quantitative estimate of drug-likeness (QED) is 0.741. The van der Waals surface area contributed by atoms with Crippen molar-refractivity contribution in [1.82, 2.24) is 19.8 Å². The molecule has 0 bridgehead atoms. The highest BCUT2D eigenvalue weighted by molar-refractivity contribution is 9.10. The molecule has 0 unspecified atom stereocenters. The number of hydrogen-bond acceptors (Lipinski definition) is 5. The maximum atomic E-state index is 12.3. The van der Waals surface area contributed by atoms with E-state index in [2.05, 4.69) is 25.9 Å². The molecule has 0 saturated carbocycles. The number of piperazine rings is 1. The monoisotopic (exact) mass is 418 g/mol. The normalized spacial score (nSPS) is 14.2. The first kappa shape index (κ1) is 18.3. The lowest BCUT2D eigenvalue weighted by molar-refractivity contribution is -0.133. The Morgan fingerprint density at radius 3 is 2.58 bits per heavy atom. The molecule has 3 rings (SSSR count). The van der Waals surface area contributed by atoms with Gasteiger partial charge in [0.1, 0.15) is 11.4 Å². The van der Waals surface area contributed by atoms with Crippen molar-refractivity contribution in [2.75, 3.05) is 32.8 Å². The number of nitrogens with zero attached hydrogens (tertiary/aromatic N) is 4. The van der Waals surface area contributed by atoms with Gasteiger partial charge < -0.3 is 14.5 Å². The second-order valence-corrected chi connectivity index (χ2v) is 6.74. The lowest BCUT2D eigenvalue weighted by Gasteiger charge is -2.34. The largest absolute Gasteiger partial charge is 0.493 e. The minimum absolute atomic E-state index is 0.0339. The van der Waals surface area contributed by atoms with Crippen molar-refractivity contribution in [3.8, 4) is 5.75 Å². The summed E-state index contributed by atoms with van der Waals surface area (Å²) in [6.45, 7) is 2.35. The van der Waals surface area contributed by atoms with Crippen molar-refractivity contribution in [3.63, 3.8) is 0 Å². The standard InChI is InChI=1S/C18H19BrN4O3/c19-14-2-1-3-15(12-14)26-11-4-17(24)22-7-9-23(10-8-22)18(25)16-13-20-5-6-21-16/h1-3,5-6,12-13H,4,7-11H2. The first-order valence-corrected chi connectivity index (χ1v) is 9.14. The molecule has 0 radical (unpaired) electrons. The van der Waals surface area contributed by atoms with E-state index in [1.54, 1.807) is 9.80 Å². The third-order valence-electron chi connectivity index (χ3n) is 4.08. The molecule has 1 fully saturated rings. The van der Waals surface area contributed by atoms with Gasteiger partial charge in [-0.2, -0.15) is 0 Å². The molecule has 1 aromatic heterocycles. The van der Waals surface area contributed by atoms with Gasteiger partial charge in [0.2, 0.25) is 5.91 Å². The first-order chi connectivity index (χ1) is 12.6. The van der Waals surface area contributed by atoms with E-state index in [0.29, 0.717) is 44.9 Å². The highest BCUT2D eigenvalue weighted by Gasteiger charge is 2.25. The molecule has 1 aliphatic rings. The molecule has 26 heavy (non-hydrogen) atoms. The topological polar surface area (TPSA) is 75.6 Å². The smallest absolute Gasteiger partial charge is 0.274 e. The molecule has 7 nitrogen and oxygen atoms in total. The van der Waals surface area contributed by atoms with Crippen molar-refractivity contribution in [3.05, 3.63) is 53.0 Å². The van der Waals surface area contributed by atoms with Gasteiger partial charge >= 0.3 is 0 Å². The van der Waals surface area contributed by atoms with E-state index >= 15 is 0 Å². The predicted octanol–water partition coefficient (Wildman–Crippen LogP) is 1.99. The van der Waals surface area contributed by atoms with Crippen molar-refractivity contribution in [2.24, 2.45) is 0 Å². The summed E-state index contributed by atoms with van der Waals surface area (Å²) >= 11 is 3.38. The SMILES string of the molecule is O=C(CCOc1cccc(Br)c1)N1CCN(C(=O)c2cnccn2)CC1. The van der Waals surface area contributed by atoms with Crippen LogP contribution in [-0.2, 0) is 4.79 Å². The molecule has 136 valence electrons. The van der Waals surface area contributed by atoms with Gasteiger partial charge in [0.15, 0.2) is 0 Å². The molecule has 2 amide bonds. The number of halogens is 1. The fourth-order valence-corrected chi connectivity index (χ4v) is 3.08. The van der Waals surface area contributed by atoms with Crippen molar-refractivity contribution in [2.45, 2.75) is 6.42 Å². The van der Waals surface area contributed by atoms with Gasteiger partial charge in [-0.1, -0.05) is 22.0 Å². The van der Waals surface area contributed by atoms with Crippen LogP contribution in [0.1, 0.15) is 16.9 Å².